The van der Waals surface area contributed by atoms with Crippen LogP contribution in [0.15, 0.2) is 0 Å². The first-order chi connectivity index (χ1) is 9.05. The van der Waals surface area contributed by atoms with Gasteiger partial charge in [0.15, 0.2) is 0 Å². The van der Waals surface area contributed by atoms with Gasteiger partial charge in [0.05, 0.1) is 12.2 Å². The normalized spacial score (nSPS) is 22.9. The predicted molar refractivity (Wildman–Crippen MR) is 72.6 cm³/mol. The fourth-order valence-electron chi connectivity index (χ4n) is 2.05. The van der Waals surface area contributed by atoms with Crippen molar-refractivity contribution in [2.75, 3.05) is 36.0 Å². The summed E-state index contributed by atoms with van der Waals surface area (Å²) in [5.41, 5.74) is 0. The number of hydrogen-bond donors (Lipinski definition) is 2. The van der Waals surface area contributed by atoms with Crippen LogP contribution in [0.2, 0.25) is 5.28 Å². The molecule has 1 fully saturated rings. The number of hydrogen-bond acceptors (Lipinski definition) is 7. The number of halogens is 1. The van der Waals surface area contributed by atoms with Gasteiger partial charge in [-0.1, -0.05) is 0 Å². The second-order valence-corrected chi connectivity index (χ2v) is 4.75. The zero-order valence-corrected chi connectivity index (χ0v) is 11.7. The monoisotopic (exact) mass is 287 g/mol. The molecule has 7 nitrogen and oxygen atoms in total. The summed E-state index contributed by atoms with van der Waals surface area (Å²) >= 11 is 5.92. The molecular formula is C11H18ClN5O2. The average Bonchev–Trinajstić information content (AvgIpc) is 2.71. The molecule has 19 heavy (non-hydrogen) atoms. The van der Waals surface area contributed by atoms with E-state index in [1.165, 1.54) is 0 Å². The molecule has 2 unspecified atom stereocenters. The van der Waals surface area contributed by atoms with E-state index in [-0.39, 0.29) is 5.28 Å². The van der Waals surface area contributed by atoms with E-state index in [1.54, 1.807) is 4.90 Å². The topological polar surface area (TPSA) is 85.6 Å². The maximum absolute atomic E-state index is 9.56. The quantitative estimate of drug-likeness (QED) is 0.800. The smallest absolute Gasteiger partial charge is 0.231 e. The highest BCUT2D eigenvalue weighted by Gasteiger charge is 2.31. The molecule has 0 amide bonds. The molecule has 8 heteroatoms. The van der Waals surface area contributed by atoms with E-state index in [2.05, 4.69) is 15.0 Å². The fraction of sp³-hybridized carbons (Fsp3) is 0.727. The standard InChI is InChI=1S/C11H18ClN5O2/c1-3-16(4-2)10-13-9(12)14-11(15-10)17-5-7(18)8(19)6-17/h7-8,18-19H,3-6H2,1-2H3. The summed E-state index contributed by atoms with van der Waals surface area (Å²) in [6, 6.07) is 0. The van der Waals surface area contributed by atoms with Crippen LogP contribution in [-0.4, -0.2) is 63.6 Å². The van der Waals surface area contributed by atoms with Crippen molar-refractivity contribution >= 4 is 23.5 Å². The van der Waals surface area contributed by atoms with Gasteiger partial charge >= 0.3 is 0 Å². The van der Waals surface area contributed by atoms with Crippen LogP contribution in [0.4, 0.5) is 11.9 Å². The van der Waals surface area contributed by atoms with Gasteiger partial charge in [0.2, 0.25) is 17.2 Å². The van der Waals surface area contributed by atoms with Crippen LogP contribution < -0.4 is 9.80 Å². The minimum absolute atomic E-state index is 0.114. The zero-order valence-electron chi connectivity index (χ0n) is 11.0. The predicted octanol–water partition coefficient (Wildman–Crippen LogP) is -0.0870. The lowest BCUT2D eigenvalue weighted by Gasteiger charge is -2.21. The van der Waals surface area contributed by atoms with E-state index >= 15 is 0 Å². The summed E-state index contributed by atoms with van der Waals surface area (Å²) < 4.78 is 0. The van der Waals surface area contributed by atoms with Crippen molar-refractivity contribution in [2.24, 2.45) is 0 Å². The summed E-state index contributed by atoms with van der Waals surface area (Å²) in [5, 5.41) is 19.2. The Morgan fingerprint density at radius 3 is 2.26 bits per heavy atom. The molecule has 1 aliphatic rings. The van der Waals surface area contributed by atoms with Crippen LogP contribution in [0, 0.1) is 0 Å². The number of nitrogens with zero attached hydrogens (tertiary/aromatic N) is 5. The van der Waals surface area contributed by atoms with Crippen molar-refractivity contribution < 1.29 is 10.2 Å². The number of aliphatic hydroxyl groups is 2. The van der Waals surface area contributed by atoms with E-state index in [0.717, 1.165) is 13.1 Å². The summed E-state index contributed by atoms with van der Waals surface area (Å²) in [5.74, 6) is 0.897. The van der Waals surface area contributed by atoms with Gasteiger partial charge in [-0.15, -0.1) is 0 Å². The van der Waals surface area contributed by atoms with Crippen LogP contribution in [0.1, 0.15) is 13.8 Å². The highest BCUT2D eigenvalue weighted by molar-refractivity contribution is 6.28. The molecule has 0 spiro atoms. The zero-order chi connectivity index (χ0) is 14.0. The van der Waals surface area contributed by atoms with Crippen molar-refractivity contribution in [3.63, 3.8) is 0 Å². The summed E-state index contributed by atoms with van der Waals surface area (Å²) in [7, 11) is 0. The largest absolute Gasteiger partial charge is 0.388 e. The van der Waals surface area contributed by atoms with Gasteiger partial charge in [0.1, 0.15) is 0 Å². The molecule has 0 aliphatic carbocycles. The molecule has 1 aromatic heterocycles. The Labute approximate surface area is 116 Å². The second-order valence-electron chi connectivity index (χ2n) is 4.42. The Balaban J connectivity index is 2.26. The minimum atomic E-state index is -0.785. The van der Waals surface area contributed by atoms with Gasteiger partial charge in [-0.2, -0.15) is 15.0 Å². The molecule has 0 radical (unpaired) electrons. The highest BCUT2D eigenvalue weighted by atomic mass is 35.5. The fourth-order valence-corrected chi connectivity index (χ4v) is 2.20. The van der Waals surface area contributed by atoms with Gasteiger partial charge in [-0.05, 0) is 25.4 Å². The first kappa shape index (κ1) is 14.2. The Morgan fingerprint density at radius 1 is 1.16 bits per heavy atom. The lowest BCUT2D eigenvalue weighted by Crippen LogP contribution is -2.28. The molecule has 2 N–H and O–H groups in total. The molecule has 106 valence electrons. The van der Waals surface area contributed by atoms with Gasteiger partial charge in [-0.3, -0.25) is 0 Å². The van der Waals surface area contributed by atoms with Gasteiger partial charge in [0.25, 0.3) is 0 Å². The minimum Gasteiger partial charge on any atom is -0.388 e. The van der Waals surface area contributed by atoms with E-state index in [0.29, 0.717) is 25.0 Å². The number of aliphatic hydroxyl groups excluding tert-OH is 2. The average molecular weight is 288 g/mol. The van der Waals surface area contributed by atoms with Crippen LogP contribution in [0.5, 0.6) is 0 Å². The molecule has 1 saturated heterocycles. The van der Waals surface area contributed by atoms with Crippen LogP contribution in [-0.2, 0) is 0 Å². The molecule has 2 rings (SSSR count). The van der Waals surface area contributed by atoms with Crippen molar-refractivity contribution in [1.29, 1.82) is 0 Å². The van der Waals surface area contributed by atoms with Crippen molar-refractivity contribution in [1.82, 2.24) is 15.0 Å². The molecule has 2 heterocycles. The molecule has 0 aromatic carbocycles. The molecule has 2 atom stereocenters. The van der Waals surface area contributed by atoms with E-state index in [4.69, 9.17) is 11.6 Å². The van der Waals surface area contributed by atoms with Crippen LogP contribution >= 0.6 is 11.6 Å². The number of aromatic nitrogens is 3. The third-order valence-electron chi connectivity index (χ3n) is 3.17. The van der Waals surface area contributed by atoms with Crippen LogP contribution in [0.25, 0.3) is 0 Å². The number of rotatable bonds is 4. The lowest BCUT2D eigenvalue weighted by molar-refractivity contribution is 0.0572. The Bertz CT molecular complexity index is 433. The highest BCUT2D eigenvalue weighted by Crippen LogP contribution is 2.20. The van der Waals surface area contributed by atoms with E-state index < -0.39 is 12.2 Å². The van der Waals surface area contributed by atoms with Crippen molar-refractivity contribution in [3.05, 3.63) is 5.28 Å². The molecule has 0 saturated carbocycles. The maximum atomic E-state index is 9.56. The molecule has 1 aliphatic heterocycles. The summed E-state index contributed by atoms with van der Waals surface area (Å²) in [4.78, 5) is 16.2. The Morgan fingerprint density at radius 2 is 1.74 bits per heavy atom. The van der Waals surface area contributed by atoms with Gasteiger partial charge in [-0.25, -0.2) is 0 Å². The van der Waals surface area contributed by atoms with Crippen molar-refractivity contribution in [3.8, 4) is 0 Å². The van der Waals surface area contributed by atoms with E-state index in [9.17, 15) is 10.2 Å². The van der Waals surface area contributed by atoms with Crippen molar-refractivity contribution in [2.45, 2.75) is 26.1 Å². The number of anilines is 2. The Hall–Kier alpha value is -1.18. The second kappa shape index (κ2) is 5.85. The summed E-state index contributed by atoms with van der Waals surface area (Å²) in [6.45, 7) is 6.12. The maximum Gasteiger partial charge on any atom is 0.231 e. The van der Waals surface area contributed by atoms with Gasteiger partial charge < -0.3 is 20.0 Å². The van der Waals surface area contributed by atoms with E-state index in [1.807, 2.05) is 18.7 Å². The van der Waals surface area contributed by atoms with Crippen LogP contribution in [0.3, 0.4) is 0 Å². The Kier molecular flexibility index (Phi) is 4.38. The lowest BCUT2D eigenvalue weighted by atomic mass is 10.3. The SMILES string of the molecule is CCN(CC)c1nc(Cl)nc(N2CC(O)C(O)C2)n1. The van der Waals surface area contributed by atoms with Gasteiger partial charge in [0, 0.05) is 26.2 Å². The first-order valence-corrected chi connectivity index (χ1v) is 6.70. The third kappa shape index (κ3) is 3.05. The molecule has 0 bridgehead atoms. The molecular weight excluding hydrogens is 270 g/mol. The molecule has 1 aromatic rings. The number of β-amino-alcohol motifs (C(OH)–C–C–N with tert-alkyl or cyclic N) is 2. The third-order valence-corrected chi connectivity index (χ3v) is 3.34. The summed E-state index contributed by atoms with van der Waals surface area (Å²) in [6.07, 6.45) is -1.57. The first-order valence-electron chi connectivity index (χ1n) is 6.32.